The van der Waals surface area contributed by atoms with E-state index in [9.17, 15) is 4.79 Å². The van der Waals surface area contributed by atoms with Crippen molar-refractivity contribution in [3.8, 4) is 0 Å². The lowest BCUT2D eigenvalue weighted by atomic mass is 9.94. The van der Waals surface area contributed by atoms with Crippen LogP contribution in [-0.4, -0.2) is 28.1 Å². The van der Waals surface area contributed by atoms with Crippen molar-refractivity contribution in [3.63, 3.8) is 0 Å². The molecule has 0 bridgehead atoms. The van der Waals surface area contributed by atoms with Crippen LogP contribution in [0.25, 0.3) is 0 Å². The van der Waals surface area contributed by atoms with E-state index in [4.69, 9.17) is 0 Å². The minimum absolute atomic E-state index is 0.101. The molecule has 2 amide bonds. The van der Waals surface area contributed by atoms with Crippen molar-refractivity contribution in [2.24, 2.45) is 0 Å². The molecule has 0 radical (unpaired) electrons. The number of nitrogens with one attached hydrogen (secondary N) is 1. The molecule has 3 rings (SSSR count). The number of aromatic nitrogens is 1. The summed E-state index contributed by atoms with van der Waals surface area (Å²) in [4.78, 5) is 15.1. The maximum atomic E-state index is 13.0. The van der Waals surface area contributed by atoms with Gasteiger partial charge in [0.1, 0.15) is 0 Å². The number of benzene rings is 1. The summed E-state index contributed by atoms with van der Waals surface area (Å²) in [5, 5.41) is 3.15. The van der Waals surface area contributed by atoms with Crippen molar-refractivity contribution >= 4 is 6.03 Å². The largest absolute Gasteiger partial charge is 0.345 e. The van der Waals surface area contributed by atoms with Crippen LogP contribution in [0.5, 0.6) is 0 Å². The normalized spacial score (nSPS) is 14.8. The maximum Gasteiger partial charge on any atom is 0.318 e. The third kappa shape index (κ3) is 5.63. The van der Waals surface area contributed by atoms with Crippen LogP contribution in [0.4, 0.5) is 4.79 Å². The van der Waals surface area contributed by atoms with Crippen molar-refractivity contribution in [2.45, 2.75) is 77.9 Å². The molecule has 1 fully saturated rings. The first kappa shape index (κ1) is 20.5. The number of aryl methyl sites for hydroxylation is 1. The third-order valence-corrected chi connectivity index (χ3v) is 5.77. The van der Waals surface area contributed by atoms with Gasteiger partial charge in [-0.25, -0.2) is 4.79 Å². The van der Waals surface area contributed by atoms with Crippen LogP contribution in [0.2, 0.25) is 0 Å². The summed E-state index contributed by atoms with van der Waals surface area (Å²) in [6.07, 6.45) is 10.3. The van der Waals surface area contributed by atoms with Crippen molar-refractivity contribution in [1.82, 2.24) is 14.8 Å². The summed E-state index contributed by atoms with van der Waals surface area (Å²) in [6, 6.07) is 13.4. The lowest BCUT2D eigenvalue weighted by Gasteiger charge is -2.34. The number of nitrogens with zero attached hydrogens (tertiary/aromatic N) is 2. The van der Waals surface area contributed by atoms with Crippen molar-refractivity contribution in [2.75, 3.05) is 6.54 Å². The van der Waals surface area contributed by atoms with Gasteiger partial charge in [0, 0.05) is 31.0 Å². The van der Waals surface area contributed by atoms with E-state index in [0.717, 1.165) is 38.8 Å². The minimum Gasteiger partial charge on any atom is -0.345 e. The van der Waals surface area contributed by atoms with E-state index in [1.807, 2.05) is 0 Å². The van der Waals surface area contributed by atoms with E-state index >= 15 is 0 Å². The van der Waals surface area contributed by atoms with E-state index in [0.29, 0.717) is 12.6 Å². The number of hydrogen-bond donors (Lipinski definition) is 1. The van der Waals surface area contributed by atoms with Crippen LogP contribution >= 0.6 is 0 Å². The first-order valence-electron chi connectivity index (χ1n) is 10.9. The lowest BCUT2D eigenvalue weighted by Crippen LogP contribution is -2.47. The molecule has 1 aliphatic rings. The van der Waals surface area contributed by atoms with Gasteiger partial charge in [0.25, 0.3) is 0 Å². The van der Waals surface area contributed by atoms with Crippen molar-refractivity contribution in [1.29, 1.82) is 0 Å². The Balaban J connectivity index is 1.73. The number of carbonyl (C=O) groups excluding carboxylic acids is 1. The highest BCUT2D eigenvalue weighted by Gasteiger charge is 2.26. The van der Waals surface area contributed by atoms with E-state index in [1.165, 1.54) is 36.1 Å². The van der Waals surface area contributed by atoms with Crippen LogP contribution in [-0.2, 0) is 13.1 Å². The number of urea groups is 1. The van der Waals surface area contributed by atoms with Crippen LogP contribution < -0.4 is 5.32 Å². The molecule has 4 heteroatoms. The fraction of sp³-hybridized carbons (Fsp3) is 0.542. The molecule has 0 aliphatic heterocycles. The number of amides is 2. The fourth-order valence-electron chi connectivity index (χ4n) is 4.16. The summed E-state index contributed by atoms with van der Waals surface area (Å²) >= 11 is 0. The molecule has 1 saturated carbocycles. The molecule has 28 heavy (non-hydrogen) atoms. The van der Waals surface area contributed by atoms with Crippen molar-refractivity contribution in [3.05, 3.63) is 59.4 Å². The molecular weight excluding hydrogens is 346 g/mol. The van der Waals surface area contributed by atoms with E-state index in [2.05, 4.69) is 71.2 Å². The highest BCUT2D eigenvalue weighted by Crippen LogP contribution is 2.24. The Morgan fingerprint density at radius 2 is 2.00 bits per heavy atom. The smallest absolute Gasteiger partial charge is 0.318 e. The molecule has 152 valence electrons. The van der Waals surface area contributed by atoms with Crippen LogP contribution in [0.1, 0.15) is 68.7 Å². The Bertz CT molecular complexity index is 746. The standard InChI is InChI=1S/C24H35N3O/c1-3-4-15-25-24(28)27(22-12-6-5-7-13-22)19-23-14-9-16-26(23)18-21-11-8-10-20(2)17-21/h8-11,14,16-17,22H,3-7,12-13,15,18-19H2,1-2H3,(H,25,28). The predicted molar refractivity (Wildman–Crippen MR) is 115 cm³/mol. The van der Waals surface area contributed by atoms with Gasteiger partial charge in [-0.1, -0.05) is 62.4 Å². The van der Waals surface area contributed by atoms with E-state index < -0.39 is 0 Å². The second kappa shape index (κ2) is 10.4. The molecule has 1 aromatic carbocycles. The molecule has 1 N–H and O–H groups in total. The molecule has 1 aromatic heterocycles. The van der Waals surface area contributed by atoms with E-state index in [-0.39, 0.29) is 6.03 Å². The lowest BCUT2D eigenvalue weighted by molar-refractivity contribution is 0.149. The number of rotatable bonds is 8. The number of unbranched alkanes of at least 4 members (excludes halogenated alkanes) is 1. The zero-order valence-corrected chi connectivity index (χ0v) is 17.5. The summed E-state index contributed by atoms with van der Waals surface area (Å²) < 4.78 is 2.28. The Hall–Kier alpha value is -2.23. The molecule has 1 aliphatic carbocycles. The highest BCUT2D eigenvalue weighted by atomic mass is 16.2. The van der Waals surface area contributed by atoms with Crippen LogP contribution in [0.3, 0.4) is 0 Å². The monoisotopic (exact) mass is 381 g/mol. The fourth-order valence-corrected chi connectivity index (χ4v) is 4.16. The van der Waals surface area contributed by atoms with Gasteiger partial charge in [-0.15, -0.1) is 0 Å². The van der Waals surface area contributed by atoms with Gasteiger partial charge in [0.05, 0.1) is 6.54 Å². The number of carbonyl (C=O) groups is 1. The minimum atomic E-state index is 0.101. The summed E-state index contributed by atoms with van der Waals surface area (Å²) in [5.74, 6) is 0. The van der Waals surface area contributed by atoms with Gasteiger partial charge >= 0.3 is 6.03 Å². The molecule has 4 nitrogen and oxygen atoms in total. The first-order valence-corrected chi connectivity index (χ1v) is 10.9. The Kier molecular flexibility index (Phi) is 7.58. The Morgan fingerprint density at radius 1 is 1.18 bits per heavy atom. The molecular formula is C24H35N3O. The van der Waals surface area contributed by atoms with Crippen molar-refractivity contribution < 1.29 is 4.79 Å². The molecule has 0 unspecified atom stereocenters. The third-order valence-electron chi connectivity index (χ3n) is 5.77. The zero-order chi connectivity index (χ0) is 19.8. The second-order valence-corrected chi connectivity index (χ2v) is 8.12. The molecule has 0 atom stereocenters. The summed E-state index contributed by atoms with van der Waals surface area (Å²) in [5.41, 5.74) is 3.79. The first-order chi connectivity index (χ1) is 13.7. The van der Waals surface area contributed by atoms with Gasteiger partial charge in [-0.2, -0.15) is 0 Å². The van der Waals surface area contributed by atoms with Gasteiger partial charge in [-0.05, 0) is 43.9 Å². The number of hydrogen-bond acceptors (Lipinski definition) is 1. The van der Waals surface area contributed by atoms with Crippen LogP contribution in [0.15, 0.2) is 42.6 Å². The van der Waals surface area contributed by atoms with E-state index in [1.54, 1.807) is 0 Å². The van der Waals surface area contributed by atoms with Gasteiger partial charge in [-0.3, -0.25) is 0 Å². The summed E-state index contributed by atoms with van der Waals surface area (Å²) in [6.45, 7) is 6.58. The Morgan fingerprint density at radius 3 is 2.75 bits per heavy atom. The second-order valence-electron chi connectivity index (χ2n) is 8.12. The van der Waals surface area contributed by atoms with Gasteiger partial charge in [0.2, 0.25) is 0 Å². The van der Waals surface area contributed by atoms with Gasteiger partial charge < -0.3 is 14.8 Å². The molecule has 0 spiro atoms. The predicted octanol–water partition coefficient (Wildman–Crippen LogP) is 5.49. The zero-order valence-electron chi connectivity index (χ0n) is 17.5. The highest BCUT2D eigenvalue weighted by molar-refractivity contribution is 5.74. The summed E-state index contributed by atoms with van der Waals surface area (Å²) in [7, 11) is 0. The maximum absolute atomic E-state index is 13.0. The Labute approximate surface area is 169 Å². The average Bonchev–Trinajstić information content (AvgIpc) is 3.13. The molecule has 0 saturated heterocycles. The SMILES string of the molecule is CCCCNC(=O)N(Cc1cccn1Cc1cccc(C)c1)C1CCCCC1. The van der Waals surface area contributed by atoms with Gasteiger partial charge in [0.15, 0.2) is 0 Å². The molecule has 1 heterocycles. The quantitative estimate of drug-likeness (QED) is 0.603. The molecule has 2 aromatic rings. The van der Waals surface area contributed by atoms with Crippen LogP contribution in [0, 0.1) is 6.92 Å². The average molecular weight is 382 g/mol. The topological polar surface area (TPSA) is 37.3 Å².